The monoisotopic (exact) mass is 522 g/mol. The number of aromatic amines is 2. The number of H-pyrrole nitrogens is 2. The van der Waals surface area contributed by atoms with Gasteiger partial charge in [0.05, 0.1) is 17.0 Å². The van der Waals surface area contributed by atoms with Gasteiger partial charge < -0.3 is 4.98 Å². The van der Waals surface area contributed by atoms with Crippen LogP contribution in [0.5, 0.6) is 0 Å². The van der Waals surface area contributed by atoms with Crippen molar-refractivity contribution in [1.29, 1.82) is 0 Å². The molecule has 5 rings (SSSR count). The van der Waals surface area contributed by atoms with Gasteiger partial charge in [0.2, 0.25) is 0 Å². The summed E-state index contributed by atoms with van der Waals surface area (Å²) in [7, 11) is -4.36. The molecule has 8 nitrogen and oxygen atoms in total. The lowest BCUT2D eigenvalue weighted by atomic mass is 9.99. The maximum absolute atomic E-state index is 15.5. The second-order valence-electron chi connectivity index (χ2n) is 7.85. The molecule has 0 atom stereocenters. The van der Waals surface area contributed by atoms with Gasteiger partial charge in [-0.2, -0.15) is 19.0 Å². The largest absolute Gasteiger partial charge is 0.343 e. The zero-order chi connectivity index (χ0) is 25.8. The molecule has 0 bridgehead atoms. The number of aromatic nitrogens is 6. The van der Waals surface area contributed by atoms with Crippen LogP contribution >= 0.6 is 0 Å². The molecule has 0 radical (unpaired) electrons. The highest BCUT2D eigenvalue weighted by molar-refractivity contribution is 7.90. The topological polar surface area (TPSA) is 109 Å². The first-order valence-corrected chi connectivity index (χ1v) is 11.9. The van der Waals surface area contributed by atoms with E-state index < -0.39 is 61.2 Å². The number of nitrogens with one attached hydrogen (secondary N) is 2. The number of fused-ring (bicyclic) bond motifs is 1. The van der Waals surface area contributed by atoms with Crippen LogP contribution in [0.25, 0.3) is 33.5 Å². The quantitative estimate of drug-likeness (QED) is 0.308. The summed E-state index contributed by atoms with van der Waals surface area (Å²) in [4.78, 5) is 6.38. The van der Waals surface area contributed by atoms with Crippen LogP contribution in [0.3, 0.4) is 0 Å². The number of sulfone groups is 1. The van der Waals surface area contributed by atoms with Gasteiger partial charge in [-0.25, -0.2) is 31.3 Å². The number of alkyl halides is 2. The third kappa shape index (κ3) is 3.82. The highest BCUT2D eigenvalue weighted by Gasteiger charge is 2.27. The van der Waals surface area contributed by atoms with Gasteiger partial charge in [-0.05, 0) is 19.1 Å². The van der Waals surface area contributed by atoms with Crippen LogP contribution in [0.2, 0.25) is 0 Å². The number of hydrogen-bond donors (Lipinski definition) is 2. The predicted octanol–water partition coefficient (Wildman–Crippen LogP) is 4.91. The van der Waals surface area contributed by atoms with Crippen LogP contribution in [-0.2, 0) is 15.6 Å². The molecule has 186 valence electrons. The Morgan fingerprint density at radius 3 is 2.53 bits per heavy atom. The van der Waals surface area contributed by atoms with Crippen molar-refractivity contribution in [2.45, 2.75) is 24.1 Å². The molecule has 0 spiro atoms. The van der Waals surface area contributed by atoms with Crippen LogP contribution in [-0.4, -0.2) is 38.4 Å². The fourth-order valence-corrected chi connectivity index (χ4v) is 5.48. The van der Waals surface area contributed by atoms with E-state index in [1.807, 2.05) is 0 Å². The summed E-state index contributed by atoms with van der Waals surface area (Å²) in [6, 6.07) is 4.26. The molecule has 0 fully saturated rings. The molecule has 2 N–H and O–H groups in total. The van der Waals surface area contributed by atoms with Gasteiger partial charge >= 0.3 is 6.55 Å². The van der Waals surface area contributed by atoms with Gasteiger partial charge in [-0.3, -0.25) is 5.10 Å². The molecule has 0 aliphatic carbocycles. The van der Waals surface area contributed by atoms with Gasteiger partial charge in [0.25, 0.3) is 0 Å². The van der Waals surface area contributed by atoms with Gasteiger partial charge in [0.1, 0.15) is 27.7 Å². The fraction of sp³-hybridized carbons (Fsp3) is 0.136. The molecule has 0 saturated carbocycles. The molecule has 0 aliphatic rings. The Morgan fingerprint density at radius 1 is 1.08 bits per heavy atom. The first kappa shape index (κ1) is 23.7. The first-order chi connectivity index (χ1) is 17.1. The number of benzene rings is 2. The Bertz CT molecular complexity index is 1710. The summed E-state index contributed by atoms with van der Waals surface area (Å²) in [5, 5.41) is 10.3. The highest BCUT2D eigenvalue weighted by Crippen LogP contribution is 2.36. The minimum Gasteiger partial charge on any atom is -0.343 e. The van der Waals surface area contributed by atoms with Crippen molar-refractivity contribution < 1.29 is 30.4 Å². The number of halogens is 5. The van der Waals surface area contributed by atoms with Crippen LogP contribution < -0.4 is 0 Å². The maximum Gasteiger partial charge on any atom is 0.333 e. The van der Waals surface area contributed by atoms with E-state index in [0.717, 1.165) is 18.2 Å². The Hall–Kier alpha value is -4.07. The number of aryl methyl sites for hydroxylation is 1. The van der Waals surface area contributed by atoms with E-state index >= 15 is 8.78 Å². The van der Waals surface area contributed by atoms with Crippen molar-refractivity contribution in [2.24, 2.45) is 0 Å². The Morgan fingerprint density at radius 2 is 1.86 bits per heavy atom. The first-order valence-electron chi connectivity index (χ1n) is 10.3. The predicted molar refractivity (Wildman–Crippen MR) is 118 cm³/mol. The average molecular weight is 522 g/mol. The molecular formula is C22H15F5N6O2S. The van der Waals surface area contributed by atoms with Gasteiger partial charge in [0.15, 0.2) is 21.5 Å². The summed E-state index contributed by atoms with van der Waals surface area (Å²) in [5.41, 5.74) is -1.79. The van der Waals surface area contributed by atoms with E-state index in [1.54, 1.807) is 6.20 Å². The minimum absolute atomic E-state index is 0.167. The lowest BCUT2D eigenvalue weighted by Crippen LogP contribution is -2.09. The Kier molecular flexibility index (Phi) is 5.62. The van der Waals surface area contributed by atoms with Crippen molar-refractivity contribution in [3.8, 4) is 22.6 Å². The molecule has 14 heteroatoms. The molecular weight excluding hydrogens is 507 g/mol. The Labute approximate surface area is 199 Å². The zero-order valence-electron chi connectivity index (χ0n) is 18.2. The van der Waals surface area contributed by atoms with E-state index in [2.05, 4.69) is 25.3 Å². The van der Waals surface area contributed by atoms with Crippen molar-refractivity contribution in [3.63, 3.8) is 0 Å². The third-order valence-corrected chi connectivity index (χ3v) is 7.35. The molecule has 0 saturated heterocycles. The van der Waals surface area contributed by atoms with Crippen LogP contribution in [0.1, 0.15) is 17.8 Å². The smallest absolute Gasteiger partial charge is 0.333 e. The normalized spacial score (nSPS) is 12.2. The summed E-state index contributed by atoms with van der Waals surface area (Å²) in [6.07, 6.45) is 3.67. The Balaban J connectivity index is 1.58. The molecule has 5 aromatic rings. The lowest BCUT2D eigenvalue weighted by molar-refractivity contribution is 0.0561. The number of hydrogen-bond acceptors (Lipinski definition) is 5. The summed E-state index contributed by atoms with van der Waals surface area (Å²) >= 11 is 0. The van der Waals surface area contributed by atoms with Crippen molar-refractivity contribution in [3.05, 3.63) is 71.6 Å². The number of imidazole rings is 1. The second kappa shape index (κ2) is 8.55. The van der Waals surface area contributed by atoms with Gasteiger partial charge in [-0.15, -0.1) is 0 Å². The van der Waals surface area contributed by atoms with Crippen LogP contribution in [0, 0.1) is 24.4 Å². The number of rotatable bonds is 6. The zero-order valence-corrected chi connectivity index (χ0v) is 19.0. The van der Waals surface area contributed by atoms with E-state index in [9.17, 15) is 21.6 Å². The molecule has 0 aliphatic heterocycles. The minimum atomic E-state index is -4.36. The van der Waals surface area contributed by atoms with Gasteiger partial charge in [-0.1, -0.05) is 12.1 Å². The SMILES string of the molecule is Cc1nn(C(F)F)cc1S(=O)(=O)Cc1ccc(F)c(-c2ccc3c(-c4ncc[nH]4)[nH]nc3c2F)c1F. The summed E-state index contributed by atoms with van der Waals surface area (Å²) in [5.74, 6) is -4.09. The van der Waals surface area contributed by atoms with Gasteiger partial charge in [0, 0.05) is 35.1 Å². The van der Waals surface area contributed by atoms with Crippen LogP contribution in [0.15, 0.2) is 47.8 Å². The maximum atomic E-state index is 15.5. The van der Waals surface area contributed by atoms with E-state index in [4.69, 9.17) is 0 Å². The molecule has 2 aromatic carbocycles. The molecule has 0 amide bonds. The average Bonchev–Trinajstić information content (AvgIpc) is 3.56. The van der Waals surface area contributed by atoms with E-state index in [1.165, 1.54) is 19.2 Å². The summed E-state index contributed by atoms with van der Waals surface area (Å²) in [6.45, 7) is -1.86. The second-order valence-corrected chi connectivity index (χ2v) is 9.81. The molecule has 3 aromatic heterocycles. The van der Waals surface area contributed by atoms with Crippen molar-refractivity contribution in [2.75, 3.05) is 0 Å². The fourth-order valence-electron chi connectivity index (χ4n) is 3.93. The highest BCUT2D eigenvalue weighted by atomic mass is 32.2. The standard InChI is InChI=1S/C22H15F5N6O2S/c1-10-15(8-33(32-10)22(26)27)36(34,35)9-11-2-5-14(23)16(17(11)24)12-3-4-13-19(18(12)25)30-31-20(13)21-28-6-7-29-21/h2-8,22H,9H2,1H3,(H,28,29)(H,30,31). The number of nitrogens with zero attached hydrogens (tertiary/aromatic N) is 4. The van der Waals surface area contributed by atoms with Crippen molar-refractivity contribution >= 4 is 20.7 Å². The summed E-state index contributed by atoms with van der Waals surface area (Å²) < 4.78 is 97.3. The molecule has 36 heavy (non-hydrogen) atoms. The lowest BCUT2D eigenvalue weighted by Gasteiger charge is -2.11. The van der Waals surface area contributed by atoms with E-state index in [-0.39, 0.29) is 15.9 Å². The molecule has 0 unspecified atom stereocenters. The molecule has 3 heterocycles. The van der Waals surface area contributed by atoms with Crippen molar-refractivity contribution in [1.82, 2.24) is 29.9 Å². The van der Waals surface area contributed by atoms with Crippen LogP contribution in [0.4, 0.5) is 22.0 Å². The third-order valence-electron chi connectivity index (χ3n) is 5.59. The van der Waals surface area contributed by atoms with E-state index in [0.29, 0.717) is 23.1 Å².